The molecule has 0 bridgehead atoms. The van der Waals surface area contributed by atoms with E-state index in [1.165, 1.54) is 4.90 Å². The largest absolute Gasteiger partial charge is 0.497 e. The Balaban J connectivity index is 1.63. The number of carbonyl (C=O) groups is 2. The molecule has 0 saturated heterocycles. The summed E-state index contributed by atoms with van der Waals surface area (Å²) in [7, 11) is 3.17. The summed E-state index contributed by atoms with van der Waals surface area (Å²) in [5.74, 6) is 0.156. The number of amides is 2. The van der Waals surface area contributed by atoms with Gasteiger partial charge >= 0.3 is 0 Å². The molecule has 0 aliphatic rings. The smallest absolute Gasteiger partial charge is 0.290 e. The van der Waals surface area contributed by atoms with Gasteiger partial charge < -0.3 is 19.4 Å². The van der Waals surface area contributed by atoms with Crippen molar-refractivity contribution in [1.29, 1.82) is 0 Å². The van der Waals surface area contributed by atoms with Crippen LogP contribution in [0.2, 0.25) is 0 Å². The molecule has 3 aromatic carbocycles. The average Bonchev–Trinajstić information content (AvgIpc) is 3.22. The van der Waals surface area contributed by atoms with E-state index in [1.54, 1.807) is 32.0 Å². The number of hydrogen-bond acceptors (Lipinski definition) is 5. The standard InChI is InChI=1S/C26H24N2O4S/c1-28(16-23(29)27-20-11-7-8-12-22(20)33-3)26(30)25-24(17-9-5-4-6-10-17)19-14-13-18(31-2)15-21(19)32-25/h4-15H,16H2,1-3H3,(H,27,29). The van der Waals surface area contributed by atoms with Crippen molar-refractivity contribution >= 4 is 40.2 Å². The fourth-order valence-electron chi connectivity index (χ4n) is 3.64. The number of thioether (sulfide) groups is 1. The first-order valence-electron chi connectivity index (χ1n) is 10.4. The van der Waals surface area contributed by atoms with Gasteiger partial charge in [-0.2, -0.15) is 0 Å². The van der Waals surface area contributed by atoms with Crippen LogP contribution in [0, 0.1) is 0 Å². The van der Waals surface area contributed by atoms with Gasteiger partial charge in [0.2, 0.25) is 11.7 Å². The monoisotopic (exact) mass is 460 g/mol. The van der Waals surface area contributed by atoms with Crippen LogP contribution in [0.15, 0.2) is 82.1 Å². The van der Waals surface area contributed by atoms with Crippen LogP contribution >= 0.6 is 11.8 Å². The molecule has 1 aromatic heterocycles. The maximum absolute atomic E-state index is 13.4. The number of nitrogens with one attached hydrogen (secondary N) is 1. The molecule has 0 aliphatic heterocycles. The predicted octanol–water partition coefficient (Wildman–Crippen LogP) is 5.54. The van der Waals surface area contributed by atoms with Crippen molar-refractivity contribution in [2.45, 2.75) is 4.90 Å². The number of benzene rings is 3. The minimum Gasteiger partial charge on any atom is -0.497 e. The summed E-state index contributed by atoms with van der Waals surface area (Å²) >= 11 is 1.54. The van der Waals surface area contributed by atoms with Crippen LogP contribution in [-0.4, -0.2) is 43.7 Å². The molecular formula is C26H24N2O4S. The Morgan fingerprint density at radius 2 is 1.76 bits per heavy atom. The van der Waals surface area contributed by atoms with E-state index in [0.29, 0.717) is 16.9 Å². The van der Waals surface area contributed by atoms with Gasteiger partial charge in [0, 0.05) is 29.0 Å². The molecule has 0 aliphatic carbocycles. The quantitative estimate of drug-likeness (QED) is 0.367. The van der Waals surface area contributed by atoms with E-state index in [2.05, 4.69) is 5.32 Å². The van der Waals surface area contributed by atoms with Crippen molar-refractivity contribution in [3.8, 4) is 16.9 Å². The van der Waals surface area contributed by atoms with E-state index in [0.717, 1.165) is 21.5 Å². The predicted molar refractivity (Wildman–Crippen MR) is 132 cm³/mol. The molecule has 7 heteroatoms. The first-order valence-corrected chi connectivity index (χ1v) is 11.6. The molecule has 0 unspecified atom stereocenters. The van der Waals surface area contributed by atoms with Crippen molar-refractivity contribution in [3.63, 3.8) is 0 Å². The zero-order valence-corrected chi connectivity index (χ0v) is 19.4. The van der Waals surface area contributed by atoms with Gasteiger partial charge in [-0.05, 0) is 36.1 Å². The van der Waals surface area contributed by atoms with Gasteiger partial charge in [-0.15, -0.1) is 11.8 Å². The normalized spacial score (nSPS) is 10.8. The highest BCUT2D eigenvalue weighted by molar-refractivity contribution is 7.98. The van der Waals surface area contributed by atoms with Crippen LogP contribution in [0.5, 0.6) is 5.75 Å². The van der Waals surface area contributed by atoms with Gasteiger partial charge in [0.05, 0.1) is 19.3 Å². The van der Waals surface area contributed by atoms with Crippen LogP contribution in [0.4, 0.5) is 5.69 Å². The van der Waals surface area contributed by atoms with Crippen LogP contribution in [0.3, 0.4) is 0 Å². The number of carbonyl (C=O) groups excluding carboxylic acids is 2. The lowest BCUT2D eigenvalue weighted by Gasteiger charge is -2.17. The molecular weight excluding hydrogens is 436 g/mol. The number of anilines is 1. The maximum Gasteiger partial charge on any atom is 0.290 e. The number of furan rings is 1. The Morgan fingerprint density at radius 3 is 2.48 bits per heavy atom. The fourth-order valence-corrected chi connectivity index (χ4v) is 4.20. The minimum absolute atomic E-state index is 0.115. The highest BCUT2D eigenvalue weighted by Crippen LogP contribution is 2.37. The van der Waals surface area contributed by atoms with Crippen molar-refractivity contribution in [2.75, 3.05) is 32.3 Å². The Labute approximate surface area is 196 Å². The maximum atomic E-state index is 13.4. The number of nitrogens with zero attached hydrogens (tertiary/aromatic N) is 1. The van der Waals surface area contributed by atoms with E-state index in [1.807, 2.05) is 73.0 Å². The summed E-state index contributed by atoms with van der Waals surface area (Å²) in [6, 6.07) is 22.6. The van der Waals surface area contributed by atoms with Gasteiger partial charge in [0.1, 0.15) is 11.3 Å². The number of para-hydroxylation sites is 1. The molecule has 6 nitrogen and oxygen atoms in total. The lowest BCUT2D eigenvalue weighted by Crippen LogP contribution is -2.35. The minimum atomic E-state index is -0.377. The van der Waals surface area contributed by atoms with Crippen molar-refractivity contribution in [2.24, 2.45) is 0 Å². The third kappa shape index (κ3) is 4.73. The summed E-state index contributed by atoms with van der Waals surface area (Å²) in [4.78, 5) is 28.4. The number of ether oxygens (including phenoxy) is 1. The second-order valence-electron chi connectivity index (χ2n) is 7.44. The van der Waals surface area contributed by atoms with Crippen molar-refractivity contribution in [1.82, 2.24) is 4.90 Å². The van der Waals surface area contributed by atoms with E-state index in [-0.39, 0.29) is 24.1 Å². The molecule has 0 fully saturated rings. The molecule has 0 radical (unpaired) electrons. The molecule has 1 N–H and O–H groups in total. The Morgan fingerprint density at radius 1 is 1.03 bits per heavy atom. The van der Waals surface area contributed by atoms with Gasteiger partial charge in [0.15, 0.2) is 0 Å². The molecule has 4 aromatic rings. The van der Waals surface area contributed by atoms with Gasteiger partial charge in [0.25, 0.3) is 5.91 Å². The van der Waals surface area contributed by atoms with E-state index < -0.39 is 0 Å². The lowest BCUT2D eigenvalue weighted by atomic mass is 10.0. The third-order valence-corrected chi connectivity index (χ3v) is 6.06. The summed E-state index contributed by atoms with van der Waals surface area (Å²) < 4.78 is 11.3. The molecule has 0 spiro atoms. The highest BCUT2D eigenvalue weighted by Gasteiger charge is 2.26. The molecule has 168 valence electrons. The zero-order chi connectivity index (χ0) is 23.4. The van der Waals surface area contributed by atoms with Crippen LogP contribution in [0.25, 0.3) is 22.1 Å². The Hall–Kier alpha value is -3.71. The SMILES string of the molecule is COc1ccc2c(-c3ccccc3)c(C(=O)N(C)CC(=O)Nc3ccccc3SC)oc2c1. The van der Waals surface area contributed by atoms with Gasteiger partial charge in [-0.1, -0.05) is 42.5 Å². The molecule has 4 rings (SSSR count). The lowest BCUT2D eigenvalue weighted by molar-refractivity contribution is -0.116. The number of fused-ring (bicyclic) bond motifs is 1. The van der Waals surface area contributed by atoms with Crippen molar-refractivity contribution in [3.05, 3.63) is 78.6 Å². The molecule has 33 heavy (non-hydrogen) atoms. The van der Waals surface area contributed by atoms with Crippen LogP contribution < -0.4 is 10.1 Å². The van der Waals surface area contributed by atoms with E-state index in [4.69, 9.17) is 9.15 Å². The van der Waals surface area contributed by atoms with Crippen LogP contribution in [-0.2, 0) is 4.79 Å². The average molecular weight is 461 g/mol. The first-order chi connectivity index (χ1) is 16.0. The van der Waals surface area contributed by atoms with E-state index >= 15 is 0 Å². The number of hydrogen-bond donors (Lipinski definition) is 1. The fraction of sp³-hybridized carbons (Fsp3) is 0.154. The second-order valence-corrected chi connectivity index (χ2v) is 8.29. The number of rotatable bonds is 7. The van der Waals surface area contributed by atoms with E-state index in [9.17, 15) is 9.59 Å². The zero-order valence-electron chi connectivity index (χ0n) is 18.6. The van der Waals surface area contributed by atoms with Crippen molar-refractivity contribution < 1.29 is 18.7 Å². The summed E-state index contributed by atoms with van der Waals surface area (Å²) in [5, 5.41) is 3.69. The third-order valence-electron chi connectivity index (χ3n) is 5.26. The second kappa shape index (κ2) is 9.83. The Bertz CT molecular complexity index is 1300. The van der Waals surface area contributed by atoms with Crippen LogP contribution in [0.1, 0.15) is 10.6 Å². The summed E-state index contributed by atoms with van der Waals surface area (Å²) in [5.41, 5.74) is 2.81. The highest BCUT2D eigenvalue weighted by atomic mass is 32.2. The first kappa shape index (κ1) is 22.5. The summed E-state index contributed by atoms with van der Waals surface area (Å²) in [6.07, 6.45) is 1.95. The Kier molecular flexibility index (Phi) is 6.70. The summed E-state index contributed by atoms with van der Waals surface area (Å²) in [6.45, 7) is -0.115. The van der Waals surface area contributed by atoms with Gasteiger partial charge in [-0.25, -0.2) is 0 Å². The number of likely N-dealkylation sites (N-methyl/N-ethyl adjacent to an activating group) is 1. The number of methoxy groups -OCH3 is 1. The van der Waals surface area contributed by atoms with Gasteiger partial charge in [-0.3, -0.25) is 9.59 Å². The molecule has 2 amide bonds. The molecule has 0 atom stereocenters. The topological polar surface area (TPSA) is 71.8 Å². The molecule has 0 saturated carbocycles. The molecule has 1 heterocycles.